The van der Waals surface area contributed by atoms with Gasteiger partial charge in [-0.3, -0.25) is 4.99 Å². The molecule has 0 atom stereocenters. The van der Waals surface area contributed by atoms with Crippen molar-refractivity contribution in [2.24, 2.45) is 4.99 Å². The summed E-state index contributed by atoms with van der Waals surface area (Å²) in [6.07, 6.45) is 3.09. The molecule has 0 N–H and O–H groups in total. The maximum Gasteiger partial charge on any atom is 0.125 e. The van der Waals surface area contributed by atoms with Crippen molar-refractivity contribution < 1.29 is 4.74 Å². The summed E-state index contributed by atoms with van der Waals surface area (Å²) >= 11 is 1.72. The van der Waals surface area contributed by atoms with Gasteiger partial charge in [0.05, 0.1) is 17.7 Å². The first kappa shape index (κ1) is 13.5. The Labute approximate surface area is 114 Å². The van der Waals surface area contributed by atoms with Crippen LogP contribution in [0.4, 0.5) is 0 Å². The highest BCUT2D eigenvalue weighted by molar-refractivity contribution is 8.13. The van der Waals surface area contributed by atoms with E-state index in [1.807, 2.05) is 0 Å². The third-order valence-electron chi connectivity index (χ3n) is 3.42. The maximum atomic E-state index is 5.52. The van der Waals surface area contributed by atoms with Crippen LogP contribution in [0.25, 0.3) is 0 Å². The molecule has 1 aromatic carbocycles. The summed E-state index contributed by atoms with van der Waals surface area (Å²) in [7, 11) is 1.74. The van der Waals surface area contributed by atoms with Crippen LogP contribution in [0.5, 0.6) is 5.75 Å². The molecule has 1 aliphatic heterocycles. The molecule has 0 saturated carbocycles. The average Bonchev–Trinajstić information content (AvgIpc) is 2.26. The van der Waals surface area contributed by atoms with Gasteiger partial charge in [0.1, 0.15) is 5.75 Å². The summed E-state index contributed by atoms with van der Waals surface area (Å²) in [5.74, 6) is 0.996. The minimum Gasteiger partial charge on any atom is -0.496 e. The molecule has 1 heterocycles. The average molecular weight is 263 g/mol. The topological polar surface area (TPSA) is 21.6 Å². The summed E-state index contributed by atoms with van der Waals surface area (Å²) in [4.78, 5) is 4.86. The number of ether oxygens (including phenoxy) is 1. The molecule has 0 fully saturated rings. The largest absolute Gasteiger partial charge is 0.496 e. The van der Waals surface area contributed by atoms with Crippen LogP contribution < -0.4 is 4.74 Å². The maximum absolute atomic E-state index is 5.52. The minimum absolute atomic E-state index is 0.00118. The molecule has 1 aliphatic rings. The summed E-state index contributed by atoms with van der Waals surface area (Å²) in [6.45, 7) is 8.64. The van der Waals surface area contributed by atoms with E-state index >= 15 is 0 Å². The van der Waals surface area contributed by atoms with Crippen LogP contribution in [-0.4, -0.2) is 23.9 Å². The van der Waals surface area contributed by atoms with Gasteiger partial charge in [0.15, 0.2) is 0 Å². The molecule has 0 aliphatic carbocycles. The van der Waals surface area contributed by atoms with E-state index in [4.69, 9.17) is 9.73 Å². The SMILES string of the molecule is COc1c(C)cc2c(c1C)C(SC)=NC(C)(C)C2. The molecule has 0 saturated heterocycles. The Bertz CT molecular complexity index is 518. The van der Waals surface area contributed by atoms with Gasteiger partial charge in [-0.15, -0.1) is 11.8 Å². The van der Waals surface area contributed by atoms with E-state index in [0.717, 1.165) is 17.2 Å². The highest BCUT2D eigenvalue weighted by Gasteiger charge is 2.29. The van der Waals surface area contributed by atoms with E-state index in [1.54, 1.807) is 18.9 Å². The van der Waals surface area contributed by atoms with E-state index < -0.39 is 0 Å². The Morgan fingerprint density at radius 2 is 2.00 bits per heavy atom. The van der Waals surface area contributed by atoms with E-state index in [-0.39, 0.29) is 5.54 Å². The van der Waals surface area contributed by atoms with Gasteiger partial charge in [0.25, 0.3) is 0 Å². The molecule has 1 aromatic rings. The lowest BCUT2D eigenvalue weighted by atomic mass is 9.86. The Hall–Kier alpha value is -0.960. The van der Waals surface area contributed by atoms with Crippen molar-refractivity contribution in [3.8, 4) is 5.75 Å². The van der Waals surface area contributed by atoms with Crippen LogP contribution in [0.3, 0.4) is 0 Å². The minimum atomic E-state index is -0.00118. The van der Waals surface area contributed by atoms with Gasteiger partial charge in [-0.2, -0.15) is 0 Å². The van der Waals surface area contributed by atoms with Gasteiger partial charge in [-0.1, -0.05) is 6.07 Å². The van der Waals surface area contributed by atoms with Gasteiger partial charge in [-0.25, -0.2) is 0 Å². The fourth-order valence-electron chi connectivity index (χ4n) is 2.78. The highest BCUT2D eigenvalue weighted by atomic mass is 32.2. The second-order valence-electron chi connectivity index (χ2n) is 5.50. The molecule has 0 aromatic heterocycles. The number of hydrogen-bond acceptors (Lipinski definition) is 3. The van der Waals surface area contributed by atoms with E-state index in [9.17, 15) is 0 Å². The summed E-state index contributed by atoms with van der Waals surface area (Å²) in [5.41, 5.74) is 5.11. The molecular weight excluding hydrogens is 242 g/mol. The molecule has 2 nitrogen and oxygen atoms in total. The van der Waals surface area contributed by atoms with Gasteiger partial charge in [0, 0.05) is 11.1 Å². The Morgan fingerprint density at radius 3 is 2.56 bits per heavy atom. The monoisotopic (exact) mass is 263 g/mol. The molecule has 0 bridgehead atoms. The van der Waals surface area contributed by atoms with Crippen molar-refractivity contribution in [2.75, 3.05) is 13.4 Å². The summed E-state index contributed by atoms with van der Waals surface area (Å²) in [5, 5.41) is 1.14. The quantitative estimate of drug-likeness (QED) is 0.769. The Morgan fingerprint density at radius 1 is 1.33 bits per heavy atom. The summed E-state index contributed by atoms with van der Waals surface area (Å²) < 4.78 is 5.52. The van der Waals surface area contributed by atoms with Crippen molar-refractivity contribution in [3.05, 3.63) is 28.3 Å². The number of aliphatic imine (C=N–C) groups is 1. The van der Waals surface area contributed by atoms with Gasteiger partial charge in [-0.05, 0) is 51.5 Å². The zero-order valence-electron chi connectivity index (χ0n) is 12.0. The number of fused-ring (bicyclic) bond motifs is 1. The third-order valence-corrected chi connectivity index (χ3v) is 4.11. The lowest BCUT2D eigenvalue weighted by Crippen LogP contribution is -2.28. The van der Waals surface area contributed by atoms with Crippen LogP contribution >= 0.6 is 11.8 Å². The molecule has 3 heteroatoms. The van der Waals surface area contributed by atoms with Crippen molar-refractivity contribution in [3.63, 3.8) is 0 Å². The fraction of sp³-hybridized carbons (Fsp3) is 0.533. The zero-order chi connectivity index (χ0) is 13.5. The number of benzene rings is 1. The number of hydrogen-bond donors (Lipinski definition) is 0. The predicted octanol–water partition coefficient (Wildman–Crippen LogP) is 3.76. The fourth-order valence-corrected chi connectivity index (χ4v) is 3.61. The van der Waals surface area contributed by atoms with Crippen LogP contribution in [-0.2, 0) is 6.42 Å². The Kier molecular flexibility index (Phi) is 3.45. The molecule has 0 radical (unpaired) electrons. The lowest BCUT2D eigenvalue weighted by molar-refractivity contribution is 0.407. The smallest absolute Gasteiger partial charge is 0.125 e. The molecular formula is C15H21NOS. The molecule has 0 spiro atoms. The highest BCUT2D eigenvalue weighted by Crippen LogP contribution is 2.37. The first-order valence-electron chi connectivity index (χ1n) is 6.21. The van der Waals surface area contributed by atoms with Crippen LogP contribution in [0.1, 0.15) is 36.1 Å². The molecule has 0 unspecified atom stereocenters. The first-order chi connectivity index (χ1) is 8.39. The second-order valence-corrected chi connectivity index (χ2v) is 6.29. The van der Waals surface area contributed by atoms with Gasteiger partial charge >= 0.3 is 0 Å². The lowest BCUT2D eigenvalue weighted by Gasteiger charge is -2.30. The standard InChI is InChI=1S/C15H21NOS/c1-9-7-11-8-15(3,4)16-14(18-6)12(11)10(2)13(9)17-5/h7H,8H2,1-6H3. The number of rotatable bonds is 1. The number of methoxy groups -OCH3 is 1. The van der Waals surface area contributed by atoms with E-state index in [2.05, 4.69) is 40.0 Å². The van der Waals surface area contributed by atoms with Crippen LogP contribution in [0.2, 0.25) is 0 Å². The van der Waals surface area contributed by atoms with Crippen LogP contribution in [0, 0.1) is 13.8 Å². The van der Waals surface area contributed by atoms with Crippen molar-refractivity contribution >= 4 is 16.8 Å². The first-order valence-corrected chi connectivity index (χ1v) is 7.43. The van der Waals surface area contributed by atoms with Gasteiger partial charge in [0.2, 0.25) is 0 Å². The van der Waals surface area contributed by atoms with Crippen LogP contribution in [0.15, 0.2) is 11.1 Å². The molecule has 2 rings (SSSR count). The number of nitrogens with zero attached hydrogens (tertiary/aromatic N) is 1. The van der Waals surface area contributed by atoms with Crippen molar-refractivity contribution in [2.45, 2.75) is 39.7 Å². The van der Waals surface area contributed by atoms with Crippen molar-refractivity contribution in [1.29, 1.82) is 0 Å². The van der Waals surface area contributed by atoms with Crippen molar-refractivity contribution in [1.82, 2.24) is 0 Å². The van der Waals surface area contributed by atoms with E-state index in [0.29, 0.717) is 0 Å². The second kappa shape index (κ2) is 4.61. The van der Waals surface area contributed by atoms with E-state index in [1.165, 1.54) is 22.3 Å². The molecule has 18 heavy (non-hydrogen) atoms. The molecule has 0 amide bonds. The zero-order valence-corrected chi connectivity index (χ0v) is 12.9. The number of aryl methyl sites for hydroxylation is 1. The Balaban J connectivity index is 2.70. The normalized spacial score (nSPS) is 17.1. The predicted molar refractivity (Wildman–Crippen MR) is 80.3 cm³/mol. The number of thioether (sulfide) groups is 1. The third kappa shape index (κ3) is 2.16. The summed E-state index contributed by atoms with van der Waals surface area (Å²) in [6, 6.07) is 2.26. The molecule has 98 valence electrons. The van der Waals surface area contributed by atoms with Gasteiger partial charge < -0.3 is 4.74 Å².